The lowest BCUT2D eigenvalue weighted by atomic mass is 9.77. The van der Waals surface area contributed by atoms with Gasteiger partial charge in [-0.25, -0.2) is 0 Å². The van der Waals surface area contributed by atoms with Gasteiger partial charge in [0.1, 0.15) is 12.1 Å². The number of H-pyrrole nitrogens is 1. The van der Waals surface area contributed by atoms with Crippen LogP contribution in [0, 0.1) is 0 Å². The summed E-state index contributed by atoms with van der Waals surface area (Å²) in [7, 11) is 1.94. The molecule has 0 aromatic carbocycles. The number of aromatic amines is 1. The van der Waals surface area contributed by atoms with Gasteiger partial charge in [-0.2, -0.15) is 5.10 Å². The molecule has 0 bridgehead atoms. The minimum absolute atomic E-state index is 0.257. The van der Waals surface area contributed by atoms with Gasteiger partial charge in [-0.1, -0.05) is 0 Å². The van der Waals surface area contributed by atoms with Crippen molar-refractivity contribution in [2.75, 3.05) is 13.1 Å². The predicted octanol–water partition coefficient (Wildman–Crippen LogP) is 2.76. The molecule has 0 radical (unpaired) electrons. The zero-order valence-corrected chi connectivity index (χ0v) is 15.6. The largest absolute Gasteiger partial charge is 0.453 e. The number of nitrogens with one attached hydrogen (secondary N) is 1. The summed E-state index contributed by atoms with van der Waals surface area (Å²) in [5.41, 5.74) is 3.04. The number of nitrogens with zero attached hydrogens (tertiary/aromatic N) is 5. The van der Waals surface area contributed by atoms with E-state index in [4.69, 9.17) is 4.42 Å². The van der Waals surface area contributed by atoms with Crippen LogP contribution >= 0.6 is 11.8 Å². The number of furan rings is 1. The van der Waals surface area contributed by atoms with E-state index >= 15 is 0 Å². The van der Waals surface area contributed by atoms with E-state index in [1.165, 1.54) is 42.3 Å². The lowest BCUT2D eigenvalue weighted by Gasteiger charge is -2.40. The first-order valence-corrected chi connectivity index (χ1v) is 9.89. The molecule has 0 saturated carbocycles. The fourth-order valence-corrected chi connectivity index (χ4v) is 5.15. The number of piperidine rings is 1. The van der Waals surface area contributed by atoms with Crippen molar-refractivity contribution >= 4 is 11.8 Å². The van der Waals surface area contributed by atoms with Gasteiger partial charge in [0.2, 0.25) is 0 Å². The summed E-state index contributed by atoms with van der Waals surface area (Å²) >= 11 is 1.51. The second kappa shape index (κ2) is 6.28. The molecule has 0 amide bonds. The Labute approximate surface area is 156 Å². The molecule has 136 valence electrons. The number of aromatic nitrogens is 5. The number of hydrogen-bond acceptors (Lipinski definition) is 6. The Balaban J connectivity index is 1.28. The minimum Gasteiger partial charge on any atom is -0.453 e. The molecular formula is C18H22N6OS. The third-order valence-electron chi connectivity index (χ3n) is 5.66. The SMILES string of the molecule is Cn1cnnc1Sc1ccc(CN2CCCC3(CCc4cn[nH]c43)C2)o1. The van der Waals surface area contributed by atoms with Gasteiger partial charge >= 0.3 is 0 Å². The molecule has 8 heteroatoms. The van der Waals surface area contributed by atoms with E-state index in [-0.39, 0.29) is 5.41 Å². The molecule has 1 spiro atoms. The zero-order chi connectivity index (χ0) is 17.6. The molecule has 7 nitrogen and oxygen atoms in total. The maximum atomic E-state index is 6.04. The summed E-state index contributed by atoms with van der Waals surface area (Å²) in [5, 5.41) is 17.2. The molecule has 3 aromatic rings. The Bertz CT molecular complexity index is 914. The molecule has 1 aliphatic carbocycles. The molecule has 1 N–H and O–H groups in total. The van der Waals surface area contributed by atoms with Gasteiger partial charge < -0.3 is 8.98 Å². The first-order valence-electron chi connectivity index (χ1n) is 9.07. The standard InChI is InChI=1S/C18H22N6OS/c1-23-12-20-22-17(23)26-15-4-3-14(25-15)10-24-8-2-6-18(11-24)7-5-13-9-19-21-16(13)18/h3-4,9,12H,2,5-8,10-11H2,1H3,(H,19,21). The van der Waals surface area contributed by atoms with E-state index in [9.17, 15) is 0 Å². The summed E-state index contributed by atoms with van der Waals surface area (Å²) in [4.78, 5) is 2.52. The summed E-state index contributed by atoms with van der Waals surface area (Å²) in [6, 6.07) is 4.10. The Morgan fingerprint density at radius 3 is 3.19 bits per heavy atom. The van der Waals surface area contributed by atoms with Crippen molar-refractivity contribution in [3.05, 3.63) is 41.7 Å². The van der Waals surface area contributed by atoms with E-state index < -0.39 is 0 Å². The van der Waals surface area contributed by atoms with Crippen LogP contribution < -0.4 is 0 Å². The van der Waals surface area contributed by atoms with Crippen LogP contribution in [0.2, 0.25) is 0 Å². The fourth-order valence-electron chi connectivity index (χ4n) is 4.40. The molecule has 4 heterocycles. The number of aryl methyl sites for hydroxylation is 2. The van der Waals surface area contributed by atoms with Gasteiger partial charge in [-0.15, -0.1) is 10.2 Å². The van der Waals surface area contributed by atoms with Crippen molar-refractivity contribution in [3.8, 4) is 0 Å². The summed E-state index contributed by atoms with van der Waals surface area (Å²) in [6.45, 7) is 3.05. The van der Waals surface area contributed by atoms with Crippen molar-refractivity contribution in [3.63, 3.8) is 0 Å². The van der Waals surface area contributed by atoms with Crippen molar-refractivity contribution in [2.45, 2.75) is 47.9 Å². The lowest BCUT2D eigenvalue weighted by molar-refractivity contribution is 0.127. The lowest BCUT2D eigenvalue weighted by Crippen LogP contribution is -2.44. The van der Waals surface area contributed by atoms with Crippen LogP contribution in [0.3, 0.4) is 0 Å². The van der Waals surface area contributed by atoms with Crippen molar-refractivity contribution in [1.82, 2.24) is 29.9 Å². The first kappa shape index (κ1) is 16.1. The maximum absolute atomic E-state index is 6.04. The average molecular weight is 370 g/mol. The van der Waals surface area contributed by atoms with Crippen molar-refractivity contribution in [2.24, 2.45) is 7.05 Å². The summed E-state index contributed by atoms with van der Waals surface area (Å²) in [6.07, 6.45) is 8.57. The number of likely N-dealkylation sites (tertiary alicyclic amines) is 1. The van der Waals surface area contributed by atoms with E-state index in [0.717, 1.165) is 42.1 Å². The van der Waals surface area contributed by atoms with Gasteiger partial charge in [-0.05, 0) is 61.7 Å². The van der Waals surface area contributed by atoms with Gasteiger partial charge in [0.15, 0.2) is 10.2 Å². The van der Waals surface area contributed by atoms with E-state index in [1.54, 1.807) is 6.33 Å². The molecule has 1 unspecified atom stereocenters. The fraction of sp³-hybridized carbons (Fsp3) is 0.500. The third kappa shape index (κ3) is 2.77. The van der Waals surface area contributed by atoms with Gasteiger partial charge in [0.25, 0.3) is 0 Å². The Kier molecular flexibility index (Phi) is 3.90. The maximum Gasteiger partial charge on any atom is 0.198 e. The van der Waals surface area contributed by atoms with E-state index in [2.05, 4.69) is 31.4 Å². The average Bonchev–Trinajstić information content (AvgIpc) is 3.39. The Hall–Kier alpha value is -2.06. The molecule has 1 saturated heterocycles. The van der Waals surface area contributed by atoms with Crippen LogP contribution in [0.25, 0.3) is 0 Å². The molecule has 26 heavy (non-hydrogen) atoms. The second-order valence-electron chi connectivity index (χ2n) is 7.41. The highest BCUT2D eigenvalue weighted by Gasteiger charge is 2.43. The number of rotatable bonds is 4. The highest BCUT2D eigenvalue weighted by molar-refractivity contribution is 7.99. The normalized spacial score (nSPS) is 23.0. The van der Waals surface area contributed by atoms with Gasteiger partial charge in [-0.3, -0.25) is 10.00 Å². The Morgan fingerprint density at radius 2 is 2.31 bits per heavy atom. The molecule has 2 aliphatic rings. The Morgan fingerprint density at radius 1 is 1.35 bits per heavy atom. The van der Waals surface area contributed by atoms with Gasteiger partial charge in [0.05, 0.1) is 12.7 Å². The predicted molar refractivity (Wildman–Crippen MR) is 96.9 cm³/mol. The first-order chi connectivity index (χ1) is 12.7. The van der Waals surface area contributed by atoms with Crippen LogP contribution in [0.1, 0.15) is 36.3 Å². The molecule has 5 rings (SSSR count). The topological polar surface area (TPSA) is 75.8 Å². The highest BCUT2D eigenvalue weighted by Crippen LogP contribution is 2.44. The monoisotopic (exact) mass is 370 g/mol. The number of hydrogen-bond donors (Lipinski definition) is 1. The van der Waals surface area contributed by atoms with Crippen molar-refractivity contribution in [1.29, 1.82) is 0 Å². The molecule has 1 atom stereocenters. The highest BCUT2D eigenvalue weighted by atomic mass is 32.2. The molecule has 3 aromatic heterocycles. The van der Waals surface area contributed by atoms with Gasteiger partial charge in [0, 0.05) is 24.7 Å². The van der Waals surface area contributed by atoms with Crippen LogP contribution in [0.4, 0.5) is 0 Å². The minimum atomic E-state index is 0.257. The molecule has 1 aliphatic heterocycles. The molecule has 1 fully saturated rings. The van der Waals surface area contributed by atoms with Crippen molar-refractivity contribution < 1.29 is 4.42 Å². The smallest absolute Gasteiger partial charge is 0.198 e. The van der Waals surface area contributed by atoms with Crippen LogP contribution in [-0.4, -0.2) is 43.0 Å². The van der Waals surface area contributed by atoms with Crippen LogP contribution in [-0.2, 0) is 25.4 Å². The molecular weight excluding hydrogens is 348 g/mol. The second-order valence-corrected chi connectivity index (χ2v) is 8.38. The quantitative estimate of drug-likeness (QED) is 0.761. The van der Waals surface area contributed by atoms with Crippen LogP contribution in [0.5, 0.6) is 0 Å². The summed E-state index contributed by atoms with van der Waals surface area (Å²) < 4.78 is 7.93. The summed E-state index contributed by atoms with van der Waals surface area (Å²) in [5.74, 6) is 1.01. The number of fused-ring (bicyclic) bond motifs is 2. The van der Waals surface area contributed by atoms with E-state index in [1.807, 2.05) is 23.9 Å². The van der Waals surface area contributed by atoms with E-state index in [0.29, 0.717) is 0 Å². The third-order valence-corrected chi connectivity index (χ3v) is 6.63. The van der Waals surface area contributed by atoms with Crippen LogP contribution in [0.15, 0.2) is 39.3 Å². The zero-order valence-electron chi connectivity index (χ0n) is 14.8.